The summed E-state index contributed by atoms with van der Waals surface area (Å²) < 4.78 is 13.6. The Morgan fingerprint density at radius 3 is 2.46 bits per heavy atom. The second kappa shape index (κ2) is 3.93. The molecular formula is C10H19FN2. The Morgan fingerprint density at radius 2 is 1.92 bits per heavy atom. The lowest BCUT2D eigenvalue weighted by Gasteiger charge is -2.44. The molecule has 0 aromatic carbocycles. The molecule has 0 radical (unpaired) electrons. The molecule has 2 atom stereocenters. The van der Waals surface area contributed by atoms with Crippen LogP contribution in [0.15, 0.2) is 0 Å². The Kier molecular flexibility index (Phi) is 2.84. The zero-order valence-electron chi connectivity index (χ0n) is 8.30. The van der Waals surface area contributed by atoms with Crippen LogP contribution < -0.4 is 5.32 Å². The first-order chi connectivity index (χ1) is 6.31. The number of likely N-dealkylation sites (tertiary alicyclic amines) is 1. The molecule has 0 aromatic rings. The topological polar surface area (TPSA) is 15.3 Å². The molecule has 2 heterocycles. The summed E-state index contributed by atoms with van der Waals surface area (Å²) in [6.45, 7) is 6.99. The van der Waals surface area contributed by atoms with E-state index in [-0.39, 0.29) is 11.8 Å². The first-order valence-electron chi connectivity index (χ1n) is 5.38. The summed E-state index contributed by atoms with van der Waals surface area (Å²) >= 11 is 0. The molecule has 2 rings (SSSR count). The Balaban J connectivity index is 1.95. The lowest BCUT2D eigenvalue weighted by Crippen LogP contribution is -2.57. The van der Waals surface area contributed by atoms with Gasteiger partial charge in [0.15, 0.2) is 0 Å². The molecule has 2 aliphatic rings. The van der Waals surface area contributed by atoms with Crippen molar-refractivity contribution >= 4 is 0 Å². The summed E-state index contributed by atoms with van der Waals surface area (Å²) in [5.41, 5.74) is 0. The van der Waals surface area contributed by atoms with Crippen LogP contribution in [-0.4, -0.2) is 43.8 Å². The van der Waals surface area contributed by atoms with E-state index in [2.05, 4.69) is 17.1 Å². The summed E-state index contributed by atoms with van der Waals surface area (Å²) in [5.74, 6) is 0.498. The summed E-state index contributed by atoms with van der Waals surface area (Å²) in [6, 6.07) is 0. The van der Waals surface area contributed by atoms with Crippen LogP contribution in [0.4, 0.5) is 4.39 Å². The molecule has 13 heavy (non-hydrogen) atoms. The molecule has 2 saturated heterocycles. The van der Waals surface area contributed by atoms with E-state index < -0.39 is 6.17 Å². The van der Waals surface area contributed by atoms with Crippen LogP contribution in [-0.2, 0) is 0 Å². The summed E-state index contributed by atoms with van der Waals surface area (Å²) in [4.78, 5) is 2.42. The van der Waals surface area contributed by atoms with E-state index in [1.54, 1.807) is 0 Å². The van der Waals surface area contributed by atoms with Crippen LogP contribution in [0.3, 0.4) is 0 Å². The average Bonchev–Trinajstić information content (AvgIpc) is 2.07. The first-order valence-corrected chi connectivity index (χ1v) is 5.38. The highest BCUT2D eigenvalue weighted by Gasteiger charge is 2.39. The number of rotatable bonds is 2. The third-order valence-corrected chi connectivity index (χ3v) is 3.24. The van der Waals surface area contributed by atoms with Crippen molar-refractivity contribution in [3.63, 3.8) is 0 Å². The van der Waals surface area contributed by atoms with Gasteiger partial charge in [0.2, 0.25) is 0 Å². The third-order valence-electron chi connectivity index (χ3n) is 3.24. The zero-order valence-corrected chi connectivity index (χ0v) is 8.30. The summed E-state index contributed by atoms with van der Waals surface area (Å²) in [7, 11) is 0. The molecule has 2 unspecified atom stereocenters. The lowest BCUT2D eigenvalue weighted by molar-refractivity contribution is 0.0113. The number of piperidine rings is 2. The number of fused-ring (bicyclic) bond motifs is 2. The van der Waals surface area contributed by atoms with E-state index in [9.17, 15) is 4.39 Å². The van der Waals surface area contributed by atoms with Crippen LogP contribution in [0.5, 0.6) is 0 Å². The number of nitrogens with zero attached hydrogens (tertiary/aromatic N) is 1. The second-order valence-corrected chi connectivity index (χ2v) is 4.38. The molecule has 2 fully saturated rings. The van der Waals surface area contributed by atoms with Crippen molar-refractivity contribution in [3.05, 3.63) is 0 Å². The molecule has 2 nitrogen and oxygen atoms in total. The number of hydrogen-bond acceptors (Lipinski definition) is 2. The van der Waals surface area contributed by atoms with Crippen LogP contribution in [0, 0.1) is 11.8 Å². The fraction of sp³-hybridized carbons (Fsp3) is 1.00. The van der Waals surface area contributed by atoms with Crippen molar-refractivity contribution in [1.29, 1.82) is 0 Å². The molecule has 1 N–H and O–H groups in total. The monoisotopic (exact) mass is 186 g/mol. The van der Waals surface area contributed by atoms with Crippen LogP contribution in [0.25, 0.3) is 0 Å². The fourth-order valence-electron chi connectivity index (χ4n) is 2.63. The maximum atomic E-state index is 13.6. The SMILES string of the molecule is CCCN1CC2CNCC(C1)C2F. The maximum absolute atomic E-state index is 13.6. The largest absolute Gasteiger partial charge is 0.316 e. The first kappa shape index (κ1) is 9.41. The van der Waals surface area contributed by atoms with Crippen molar-refractivity contribution < 1.29 is 4.39 Å². The number of nitrogens with one attached hydrogen (secondary N) is 1. The highest BCUT2D eigenvalue weighted by Crippen LogP contribution is 2.27. The molecular weight excluding hydrogens is 167 g/mol. The number of halogens is 1. The van der Waals surface area contributed by atoms with Gasteiger partial charge in [0, 0.05) is 38.0 Å². The van der Waals surface area contributed by atoms with Gasteiger partial charge < -0.3 is 10.2 Å². The van der Waals surface area contributed by atoms with Crippen molar-refractivity contribution in [1.82, 2.24) is 10.2 Å². The lowest BCUT2D eigenvalue weighted by atomic mass is 9.84. The van der Waals surface area contributed by atoms with Crippen LogP contribution in [0.1, 0.15) is 13.3 Å². The Bertz CT molecular complexity index is 160. The van der Waals surface area contributed by atoms with Gasteiger partial charge in [-0.05, 0) is 13.0 Å². The predicted molar refractivity (Wildman–Crippen MR) is 51.5 cm³/mol. The molecule has 0 saturated carbocycles. The third kappa shape index (κ3) is 1.86. The Morgan fingerprint density at radius 1 is 1.31 bits per heavy atom. The number of alkyl halides is 1. The minimum atomic E-state index is -0.547. The maximum Gasteiger partial charge on any atom is 0.111 e. The van der Waals surface area contributed by atoms with Gasteiger partial charge >= 0.3 is 0 Å². The highest BCUT2D eigenvalue weighted by atomic mass is 19.1. The van der Waals surface area contributed by atoms with Gasteiger partial charge in [-0.1, -0.05) is 6.92 Å². The van der Waals surface area contributed by atoms with E-state index >= 15 is 0 Å². The smallest absolute Gasteiger partial charge is 0.111 e. The quantitative estimate of drug-likeness (QED) is 0.689. The second-order valence-electron chi connectivity index (χ2n) is 4.38. The van der Waals surface area contributed by atoms with E-state index in [1.165, 1.54) is 6.42 Å². The van der Waals surface area contributed by atoms with Gasteiger partial charge in [0.25, 0.3) is 0 Å². The average molecular weight is 186 g/mol. The molecule has 0 aliphatic carbocycles. The Labute approximate surface area is 79.5 Å². The van der Waals surface area contributed by atoms with Crippen molar-refractivity contribution in [3.8, 4) is 0 Å². The summed E-state index contributed by atoms with van der Waals surface area (Å²) in [5, 5.41) is 3.31. The highest BCUT2D eigenvalue weighted by molar-refractivity contribution is 4.92. The van der Waals surface area contributed by atoms with E-state index in [0.29, 0.717) is 0 Å². The standard InChI is InChI=1S/C10H19FN2/c1-2-3-13-6-8-4-12-5-9(7-13)10(8)11/h8-10,12H,2-7H2,1H3. The molecule has 0 aromatic heterocycles. The van der Waals surface area contributed by atoms with Gasteiger partial charge in [0.1, 0.15) is 6.17 Å². The van der Waals surface area contributed by atoms with Crippen molar-refractivity contribution in [2.45, 2.75) is 19.5 Å². The van der Waals surface area contributed by atoms with Gasteiger partial charge in [0.05, 0.1) is 0 Å². The minimum Gasteiger partial charge on any atom is -0.316 e. The molecule has 76 valence electrons. The van der Waals surface area contributed by atoms with E-state index in [4.69, 9.17) is 0 Å². The Hall–Kier alpha value is -0.150. The molecule has 0 amide bonds. The number of hydrogen-bond donors (Lipinski definition) is 1. The van der Waals surface area contributed by atoms with Gasteiger partial charge in [-0.15, -0.1) is 0 Å². The van der Waals surface area contributed by atoms with Gasteiger partial charge in [-0.3, -0.25) is 0 Å². The van der Waals surface area contributed by atoms with Gasteiger partial charge in [-0.2, -0.15) is 0 Å². The summed E-state index contributed by atoms with van der Waals surface area (Å²) in [6.07, 6.45) is 0.637. The normalized spacial score (nSPS) is 40.6. The molecule has 2 aliphatic heterocycles. The predicted octanol–water partition coefficient (Wildman–Crippen LogP) is 0.886. The van der Waals surface area contributed by atoms with Crippen molar-refractivity contribution in [2.75, 3.05) is 32.7 Å². The van der Waals surface area contributed by atoms with Crippen LogP contribution in [0.2, 0.25) is 0 Å². The molecule has 2 bridgehead atoms. The minimum absolute atomic E-state index is 0.249. The van der Waals surface area contributed by atoms with E-state index in [1.807, 2.05) is 0 Å². The fourth-order valence-corrected chi connectivity index (χ4v) is 2.63. The van der Waals surface area contributed by atoms with Crippen molar-refractivity contribution in [2.24, 2.45) is 11.8 Å². The molecule has 0 spiro atoms. The van der Waals surface area contributed by atoms with E-state index in [0.717, 1.165) is 32.7 Å². The zero-order chi connectivity index (χ0) is 9.26. The van der Waals surface area contributed by atoms with Crippen LogP contribution >= 0.6 is 0 Å². The molecule has 3 heteroatoms. The van der Waals surface area contributed by atoms with Gasteiger partial charge in [-0.25, -0.2) is 4.39 Å².